The lowest BCUT2D eigenvalue weighted by Gasteiger charge is -2.23. The molecule has 1 N–H and O–H groups in total. The van der Waals surface area contributed by atoms with Gasteiger partial charge in [-0.05, 0) is 49.4 Å². The van der Waals surface area contributed by atoms with Gasteiger partial charge in [0.2, 0.25) is 0 Å². The number of aryl methyl sites for hydroxylation is 1. The highest BCUT2D eigenvalue weighted by molar-refractivity contribution is 5.37. The molecule has 0 spiro atoms. The Morgan fingerprint density at radius 3 is 2.50 bits per heavy atom. The van der Waals surface area contributed by atoms with Crippen LogP contribution in [0.4, 0.5) is 0 Å². The molecule has 1 aromatic carbocycles. The van der Waals surface area contributed by atoms with Crippen LogP contribution in [-0.2, 0) is 0 Å². The van der Waals surface area contributed by atoms with E-state index >= 15 is 0 Å². The van der Waals surface area contributed by atoms with Crippen LogP contribution in [0, 0.1) is 12.8 Å². The predicted octanol–water partition coefficient (Wildman–Crippen LogP) is 4.87. The van der Waals surface area contributed by atoms with E-state index in [1.807, 2.05) is 0 Å². The second kappa shape index (κ2) is 9.02. The molecule has 0 amide bonds. The first-order valence-corrected chi connectivity index (χ1v) is 8.00. The zero-order valence-electron chi connectivity index (χ0n) is 13.8. The largest absolute Gasteiger partial charge is 0.496 e. The molecule has 0 aromatic heterocycles. The first-order chi connectivity index (χ1) is 9.62. The minimum atomic E-state index is 0.459. The van der Waals surface area contributed by atoms with Crippen molar-refractivity contribution in [3.63, 3.8) is 0 Å². The summed E-state index contributed by atoms with van der Waals surface area (Å²) in [7, 11) is 1.73. The van der Waals surface area contributed by atoms with Crippen LogP contribution in [0.1, 0.15) is 63.6 Å². The van der Waals surface area contributed by atoms with E-state index in [0.717, 1.165) is 18.2 Å². The molecule has 0 radical (unpaired) electrons. The smallest absolute Gasteiger partial charge is 0.121 e. The lowest BCUT2D eigenvalue weighted by atomic mass is 9.92. The fourth-order valence-electron chi connectivity index (χ4n) is 2.79. The average molecular weight is 277 g/mol. The number of benzene rings is 1. The Bertz CT molecular complexity index is 389. The lowest BCUT2D eigenvalue weighted by molar-refractivity contribution is 0.388. The zero-order chi connectivity index (χ0) is 15.0. The van der Waals surface area contributed by atoms with E-state index in [0.29, 0.717) is 6.04 Å². The van der Waals surface area contributed by atoms with Crippen molar-refractivity contribution < 1.29 is 4.74 Å². The third-order valence-electron chi connectivity index (χ3n) is 3.88. The van der Waals surface area contributed by atoms with Gasteiger partial charge in [-0.1, -0.05) is 45.7 Å². The molecular formula is C18H31NO. The predicted molar refractivity (Wildman–Crippen MR) is 87.5 cm³/mol. The maximum Gasteiger partial charge on any atom is 0.121 e. The van der Waals surface area contributed by atoms with E-state index in [1.54, 1.807) is 7.11 Å². The molecule has 0 aliphatic carbocycles. The highest BCUT2D eigenvalue weighted by Gasteiger charge is 2.15. The van der Waals surface area contributed by atoms with Gasteiger partial charge >= 0.3 is 0 Å². The van der Waals surface area contributed by atoms with Crippen molar-refractivity contribution in [3.8, 4) is 5.75 Å². The second-order valence-electron chi connectivity index (χ2n) is 5.87. The molecule has 0 bridgehead atoms. The normalized spacial score (nSPS) is 14.1. The molecule has 0 heterocycles. The highest BCUT2D eigenvalue weighted by atomic mass is 16.5. The van der Waals surface area contributed by atoms with Crippen molar-refractivity contribution >= 4 is 0 Å². The Labute approximate surface area is 124 Å². The van der Waals surface area contributed by atoms with E-state index in [9.17, 15) is 0 Å². The number of ether oxygens (including phenoxy) is 1. The summed E-state index contributed by atoms with van der Waals surface area (Å²) in [5.74, 6) is 1.74. The summed E-state index contributed by atoms with van der Waals surface area (Å²) in [6.07, 6.45) is 4.95. The summed E-state index contributed by atoms with van der Waals surface area (Å²) in [4.78, 5) is 0. The molecular weight excluding hydrogens is 246 g/mol. The van der Waals surface area contributed by atoms with E-state index in [4.69, 9.17) is 4.74 Å². The van der Waals surface area contributed by atoms with Gasteiger partial charge in [0.15, 0.2) is 0 Å². The van der Waals surface area contributed by atoms with Crippen molar-refractivity contribution in [2.45, 2.75) is 59.4 Å². The van der Waals surface area contributed by atoms with Crippen LogP contribution in [-0.4, -0.2) is 13.7 Å². The van der Waals surface area contributed by atoms with Gasteiger partial charge in [0.05, 0.1) is 7.11 Å². The Morgan fingerprint density at radius 2 is 1.95 bits per heavy atom. The molecule has 0 aliphatic rings. The SMILES string of the molecule is CCCNC(CC(C)CCC)c1ccc(OC)c(C)c1. The number of hydrogen-bond acceptors (Lipinski definition) is 2. The van der Waals surface area contributed by atoms with Crippen molar-refractivity contribution in [1.29, 1.82) is 0 Å². The van der Waals surface area contributed by atoms with Crippen LogP contribution >= 0.6 is 0 Å². The molecule has 2 nitrogen and oxygen atoms in total. The van der Waals surface area contributed by atoms with Gasteiger partial charge in [-0.15, -0.1) is 0 Å². The van der Waals surface area contributed by atoms with E-state index in [2.05, 4.69) is 51.2 Å². The molecule has 0 fully saturated rings. The van der Waals surface area contributed by atoms with Gasteiger partial charge < -0.3 is 10.1 Å². The quantitative estimate of drug-likeness (QED) is 0.695. The molecule has 1 aromatic rings. The van der Waals surface area contributed by atoms with E-state index in [-0.39, 0.29) is 0 Å². The van der Waals surface area contributed by atoms with E-state index in [1.165, 1.54) is 36.8 Å². The van der Waals surface area contributed by atoms with Crippen LogP contribution in [0.15, 0.2) is 18.2 Å². The topological polar surface area (TPSA) is 21.3 Å². The molecule has 2 atom stereocenters. The fourth-order valence-corrected chi connectivity index (χ4v) is 2.79. The molecule has 0 saturated carbocycles. The lowest BCUT2D eigenvalue weighted by Crippen LogP contribution is -2.24. The Balaban J connectivity index is 2.83. The Morgan fingerprint density at radius 1 is 1.20 bits per heavy atom. The zero-order valence-corrected chi connectivity index (χ0v) is 13.8. The maximum absolute atomic E-state index is 5.36. The summed E-state index contributed by atoms with van der Waals surface area (Å²) >= 11 is 0. The van der Waals surface area contributed by atoms with Crippen LogP contribution < -0.4 is 10.1 Å². The number of nitrogens with one attached hydrogen (secondary N) is 1. The van der Waals surface area contributed by atoms with E-state index < -0.39 is 0 Å². The highest BCUT2D eigenvalue weighted by Crippen LogP contribution is 2.27. The molecule has 0 aliphatic heterocycles. The minimum absolute atomic E-state index is 0.459. The Hall–Kier alpha value is -1.02. The van der Waals surface area contributed by atoms with Gasteiger partial charge in [-0.3, -0.25) is 0 Å². The summed E-state index contributed by atoms with van der Waals surface area (Å²) in [5, 5.41) is 3.70. The summed E-state index contributed by atoms with van der Waals surface area (Å²) in [6, 6.07) is 7.03. The standard InChI is InChI=1S/C18H31NO/c1-6-8-14(3)12-17(19-11-7-2)16-9-10-18(20-5)15(4)13-16/h9-10,13-14,17,19H,6-8,11-12H2,1-5H3. The summed E-state index contributed by atoms with van der Waals surface area (Å²) < 4.78 is 5.36. The number of methoxy groups -OCH3 is 1. The van der Waals surface area contributed by atoms with Gasteiger partial charge in [0.25, 0.3) is 0 Å². The molecule has 2 unspecified atom stereocenters. The van der Waals surface area contributed by atoms with Crippen molar-refractivity contribution in [2.75, 3.05) is 13.7 Å². The first-order valence-electron chi connectivity index (χ1n) is 8.00. The fraction of sp³-hybridized carbons (Fsp3) is 0.667. The van der Waals surface area contributed by atoms with Gasteiger partial charge in [-0.25, -0.2) is 0 Å². The summed E-state index contributed by atoms with van der Waals surface area (Å²) in [5.41, 5.74) is 2.61. The molecule has 2 heteroatoms. The molecule has 0 saturated heterocycles. The third kappa shape index (κ3) is 5.16. The number of hydrogen-bond donors (Lipinski definition) is 1. The van der Waals surface area contributed by atoms with Gasteiger partial charge in [0, 0.05) is 6.04 Å². The Kier molecular flexibility index (Phi) is 7.68. The molecule has 1 rings (SSSR count). The molecule has 20 heavy (non-hydrogen) atoms. The monoisotopic (exact) mass is 277 g/mol. The van der Waals surface area contributed by atoms with Crippen LogP contribution in [0.5, 0.6) is 5.75 Å². The number of rotatable bonds is 9. The van der Waals surface area contributed by atoms with Gasteiger partial charge in [-0.2, -0.15) is 0 Å². The van der Waals surface area contributed by atoms with Crippen LogP contribution in [0.2, 0.25) is 0 Å². The van der Waals surface area contributed by atoms with Crippen LogP contribution in [0.3, 0.4) is 0 Å². The minimum Gasteiger partial charge on any atom is -0.496 e. The van der Waals surface area contributed by atoms with Crippen molar-refractivity contribution in [2.24, 2.45) is 5.92 Å². The summed E-state index contributed by atoms with van der Waals surface area (Å²) in [6.45, 7) is 10.0. The van der Waals surface area contributed by atoms with Crippen molar-refractivity contribution in [1.82, 2.24) is 5.32 Å². The first kappa shape index (κ1) is 17.0. The third-order valence-corrected chi connectivity index (χ3v) is 3.88. The average Bonchev–Trinajstić information content (AvgIpc) is 2.43. The van der Waals surface area contributed by atoms with Crippen LogP contribution in [0.25, 0.3) is 0 Å². The maximum atomic E-state index is 5.36. The van der Waals surface area contributed by atoms with Gasteiger partial charge in [0.1, 0.15) is 5.75 Å². The molecule has 114 valence electrons. The second-order valence-corrected chi connectivity index (χ2v) is 5.87. The van der Waals surface area contributed by atoms with Crippen molar-refractivity contribution in [3.05, 3.63) is 29.3 Å².